The molecule has 0 radical (unpaired) electrons. The van der Waals surface area contributed by atoms with Gasteiger partial charge in [-0.25, -0.2) is 14.4 Å². The molecule has 2 atom stereocenters. The van der Waals surface area contributed by atoms with Crippen molar-refractivity contribution in [2.75, 3.05) is 0 Å². The van der Waals surface area contributed by atoms with Gasteiger partial charge in [-0.1, -0.05) is 54.6 Å². The summed E-state index contributed by atoms with van der Waals surface area (Å²) in [7, 11) is 0. The van der Waals surface area contributed by atoms with Crippen LogP contribution in [0, 0.1) is 0 Å². The van der Waals surface area contributed by atoms with Crippen LogP contribution in [0.25, 0.3) is 0 Å². The Morgan fingerprint density at radius 1 is 0.737 bits per heavy atom. The average molecular weight is 527 g/mol. The lowest BCUT2D eigenvalue weighted by Crippen LogP contribution is -2.54. The van der Waals surface area contributed by atoms with Crippen LogP contribution < -0.4 is 10.6 Å². The van der Waals surface area contributed by atoms with Crippen LogP contribution in [0.3, 0.4) is 0 Å². The number of nitrogens with one attached hydrogen (secondary N) is 2. The molecule has 0 aromatic heterocycles. The Balaban J connectivity index is 2.22. The first-order valence-corrected chi connectivity index (χ1v) is 12.8. The number of carboxylic acid groups (broad SMARTS) is 1. The highest BCUT2D eigenvalue weighted by Crippen LogP contribution is 2.28. The third kappa shape index (κ3) is 9.72. The van der Waals surface area contributed by atoms with Gasteiger partial charge in [0, 0.05) is 6.42 Å². The van der Waals surface area contributed by atoms with Crippen LogP contribution in [-0.4, -0.2) is 40.0 Å². The van der Waals surface area contributed by atoms with Crippen molar-refractivity contribution in [2.45, 2.75) is 96.9 Å². The van der Waals surface area contributed by atoms with Crippen LogP contribution in [0.5, 0.6) is 0 Å². The smallest absolute Gasteiger partial charge is 0.408 e. The fourth-order valence-corrected chi connectivity index (χ4v) is 4.01. The third-order valence-corrected chi connectivity index (χ3v) is 5.90. The summed E-state index contributed by atoms with van der Waals surface area (Å²) in [5.41, 5.74) is -0.958. The molecule has 0 aliphatic rings. The van der Waals surface area contributed by atoms with E-state index in [1.807, 2.05) is 82.3 Å². The van der Waals surface area contributed by atoms with Gasteiger partial charge in [0.25, 0.3) is 0 Å². The lowest BCUT2D eigenvalue weighted by molar-refractivity contribution is -0.144. The lowest BCUT2D eigenvalue weighted by atomic mass is 9.85. The Kier molecular flexibility index (Phi) is 9.59. The highest BCUT2D eigenvalue weighted by molar-refractivity contribution is 5.84. The molecule has 0 aliphatic carbocycles. The molecule has 0 saturated carbocycles. The number of carbonyl (C=O) groups excluding carboxylic acids is 2. The summed E-state index contributed by atoms with van der Waals surface area (Å²) >= 11 is 0. The van der Waals surface area contributed by atoms with Crippen molar-refractivity contribution in [3.63, 3.8) is 0 Å². The number of hydrogen-bond donors (Lipinski definition) is 3. The first-order valence-electron chi connectivity index (χ1n) is 12.8. The van der Waals surface area contributed by atoms with Gasteiger partial charge in [-0.15, -0.1) is 0 Å². The summed E-state index contributed by atoms with van der Waals surface area (Å²) in [6.45, 7) is 14.0. The zero-order valence-electron chi connectivity index (χ0n) is 23.8. The molecule has 8 heteroatoms. The van der Waals surface area contributed by atoms with Crippen molar-refractivity contribution < 1.29 is 29.0 Å². The lowest BCUT2D eigenvalue weighted by Gasteiger charge is -2.33. The number of carbonyl (C=O) groups is 3. The highest BCUT2D eigenvalue weighted by Gasteiger charge is 2.37. The molecular formula is C30H42N2O6. The second-order valence-corrected chi connectivity index (χ2v) is 12.1. The van der Waals surface area contributed by atoms with Gasteiger partial charge in [0.1, 0.15) is 16.7 Å². The predicted octanol–water partition coefficient (Wildman–Crippen LogP) is 5.97. The quantitative estimate of drug-likeness (QED) is 0.371. The average Bonchev–Trinajstić information content (AvgIpc) is 2.75. The standard InChI is InChI=1S/C30H42N2O6/c1-27(2,3)37-25(35)31-29(7,23-15-10-9-11-16-23)18-17-21-13-12-14-22(19-21)20-30(8,24(33)34)32-26(36)38-28(4,5)6/h9-16,19H,17-18,20H2,1-8H3,(H,31,35)(H,32,36)(H,33,34). The van der Waals surface area contributed by atoms with Crippen molar-refractivity contribution in [1.82, 2.24) is 10.6 Å². The van der Waals surface area contributed by atoms with E-state index in [0.29, 0.717) is 12.8 Å². The predicted molar refractivity (Wildman–Crippen MR) is 147 cm³/mol. The molecule has 0 aliphatic heterocycles. The van der Waals surface area contributed by atoms with Crippen molar-refractivity contribution in [3.8, 4) is 0 Å². The summed E-state index contributed by atoms with van der Waals surface area (Å²) in [6, 6.07) is 17.3. The molecule has 8 nitrogen and oxygen atoms in total. The van der Waals surface area contributed by atoms with E-state index in [9.17, 15) is 19.5 Å². The van der Waals surface area contributed by atoms with Gasteiger partial charge in [-0.2, -0.15) is 0 Å². The van der Waals surface area contributed by atoms with Crippen LogP contribution in [0.2, 0.25) is 0 Å². The number of rotatable bonds is 9. The van der Waals surface area contributed by atoms with E-state index in [1.165, 1.54) is 6.92 Å². The number of ether oxygens (including phenoxy) is 2. The molecule has 0 fully saturated rings. The van der Waals surface area contributed by atoms with Crippen LogP contribution in [0.15, 0.2) is 54.6 Å². The van der Waals surface area contributed by atoms with E-state index < -0.39 is 40.4 Å². The second kappa shape index (κ2) is 11.9. The first-order chi connectivity index (χ1) is 17.4. The van der Waals surface area contributed by atoms with Gasteiger partial charge >= 0.3 is 18.2 Å². The van der Waals surface area contributed by atoms with E-state index in [0.717, 1.165) is 16.7 Å². The fraction of sp³-hybridized carbons (Fsp3) is 0.500. The van der Waals surface area contributed by atoms with E-state index in [4.69, 9.17) is 9.47 Å². The van der Waals surface area contributed by atoms with Gasteiger partial charge in [-0.05, 0) is 84.9 Å². The Bertz CT molecular complexity index is 1120. The summed E-state index contributed by atoms with van der Waals surface area (Å²) < 4.78 is 10.8. The third-order valence-electron chi connectivity index (χ3n) is 5.90. The number of amides is 2. The van der Waals surface area contributed by atoms with Crippen molar-refractivity contribution in [1.29, 1.82) is 0 Å². The molecular weight excluding hydrogens is 484 g/mol. The molecule has 2 unspecified atom stereocenters. The summed E-state index contributed by atoms with van der Waals surface area (Å²) in [4.78, 5) is 37.1. The Labute approximate surface area is 226 Å². The molecule has 2 aromatic rings. The molecule has 2 amide bonds. The normalized spacial score (nSPS) is 14.9. The fourth-order valence-electron chi connectivity index (χ4n) is 4.01. The minimum atomic E-state index is -1.56. The van der Waals surface area contributed by atoms with Crippen LogP contribution in [-0.2, 0) is 32.6 Å². The second-order valence-electron chi connectivity index (χ2n) is 12.1. The zero-order valence-corrected chi connectivity index (χ0v) is 23.8. The minimum Gasteiger partial charge on any atom is -0.480 e. The van der Waals surface area contributed by atoms with Gasteiger partial charge in [0.15, 0.2) is 0 Å². The van der Waals surface area contributed by atoms with Crippen molar-refractivity contribution in [2.24, 2.45) is 0 Å². The minimum absolute atomic E-state index is 0.0710. The van der Waals surface area contributed by atoms with Crippen LogP contribution in [0.4, 0.5) is 9.59 Å². The number of aliphatic carboxylic acids is 1. The summed E-state index contributed by atoms with van der Waals surface area (Å²) in [5.74, 6) is -1.16. The van der Waals surface area contributed by atoms with Gasteiger partial charge < -0.3 is 25.2 Å². The Morgan fingerprint density at radius 2 is 1.26 bits per heavy atom. The Hall–Kier alpha value is -3.55. The topological polar surface area (TPSA) is 114 Å². The number of aryl methyl sites for hydroxylation is 1. The van der Waals surface area contributed by atoms with Gasteiger partial charge in [0.05, 0.1) is 5.54 Å². The van der Waals surface area contributed by atoms with Gasteiger partial charge in [-0.3, -0.25) is 0 Å². The molecule has 0 spiro atoms. The maximum absolute atomic E-state index is 12.7. The Morgan fingerprint density at radius 3 is 1.79 bits per heavy atom. The molecule has 208 valence electrons. The molecule has 38 heavy (non-hydrogen) atoms. The molecule has 3 N–H and O–H groups in total. The van der Waals surface area contributed by atoms with E-state index in [1.54, 1.807) is 20.8 Å². The summed E-state index contributed by atoms with van der Waals surface area (Å²) in [5, 5.41) is 15.4. The van der Waals surface area contributed by atoms with E-state index in [2.05, 4.69) is 10.6 Å². The highest BCUT2D eigenvalue weighted by atomic mass is 16.6. The molecule has 0 heterocycles. The molecule has 0 bridgehead atoms. The molecule has 2 aromatic carbocycles. The number of hydrogen-bond acceptors (Lipinski definition) is 5. The van der Waals surface area contributed by atoms with Crippen molar-refractivity contribution in [3.05, 3.63) is 71.3 Å². The maximum atomic E-state index is 12.7. The first kappa shape index (κ1) is 30.7. The zero-order chi connectivity index (χ0) is 28.8. The number of benzene rings is 2. The number of alkyl carbamates (subject to hydrolysis) is 2. The largest absolute Gasteiger partial charge is 0.480 e. The SMILES string of the molecule is CC(C)(C)OC(=O)NC(C)(Cc1cccc(CCC(C)(NC(=O)OC(C)(C)C)c2ccccc2)c1)C(=O)O. The van der Waals surface area contributed by atoms with E-state index >= 15 is 0 Å². The van der Waals surface area contributed by atoms with E-state index in [-0.39, 0.29) is 6.42 Å². The van der Waals surface area contributed by atoms with Crippen LogP contribution in [0.1, 0.15) is 78.5 Å². The number of carboxylic acids is 1. The van der Waals surface area contributed by atoms with Gasteiger partial charge in [0.2, 0.25) is 0 Å². The molecule has 0 saturated heterocycles. The van der Waals surface area contributed by atoms with Crippen LogP contribution >= 0.6 is 0 Å². The van der Waals surface area contributed by atoms with Crippen molar-refractivity contribution >= 4 is 18.2 Å². The maximum Gasteiger partial charge on any atom is 0.408 e. The monoisotopic (exact) mass is 526 g/mol. The molecule has 2 rings (SSSR count). The summed E-state index contributed by atoms with van der Waals surface area (Å²) in [6.07, 6.45) is -0.0280.